The number of rotatable bonds is 6. The number of carbonyl (C=O) groups is 1. The summed E-state index contributed by atoms with van der Waals surface area (Å²) in [6.45, 7) is 2.06. The summed E-state index contributed by atoms with van der Waals surface area (Å²) < 4.78 is 22.7. The standard InChI is InChI=1S/C18H19O5P/c1-2-5-13-6-3-7-14(12-13)22-24(20,21)23-18-9-4-8-15-16(18)10-11-17(15)19/h3-4,6-9,12H,2,5,10-11H2,1H3,(H,20,21). The Morgan fingerprint density at radius 2 is 1.92 bits per heavy atom. The number of carbonyl (C=O) groups excluding carboxylic acids is 1. The SMILES string of the molecule is CCCc1cccc(OP(=O)(O)Oc2cccc3c2CCC3=O)c1. The van der Waals surface area contributed by atoms with Crippen LogP contribution in [0.2, 0.25) is 0 Å². The van der Waals surface area contributed by atoms with Crippen molar-refractivity contribution in [1.29, 1.82) is 0 Å². The molecule has 0 spiro atoms. The first-order valence-corrected chi connectivity index (χ1v) is 9.44. The second-order valence-corrected chi connectivity index (χ2v) is 7.06. The lowest BCUT2D eigenvalue weighted by molar-refractivity contribution is 0.0994. The molecule has 0 fully saturated rings. The number of hydrogen-bond acceptors (Lipinski definition) is 4. The largest absolute Gasteiger partial charge is 0.584 e. The molecule has 2 aromatic rings. The number of hydrogen-bond donors (Lipinski definition) is 1. The number of benzene rings is 2. The Bertz CT molecular complexity index is 815. The first-order chi connectivity index (χ1) is 11.5. The normalized spacial score (nSPS) is 15.7. The Morgan fingerprint density at radius 1 is 1.12 bits per heavy atom. The molecule has 0 heterocycles. The topological polar surface area (TPSA) is 72.8 Å². The lowest BCUT2D eigenvalue weighted by Gasteiger charge is -2.16. The van der Waals surface area contributed by atoms with E-state index >= 15 is 0 Å². The van der Waals surface area contributed by atoms with Crippen molar-refractivity contribution in [2.45, 2.75) is 32.6 Å². The fraction of sp³-hybridized carbons (Fsp3) is 0.278. The van der Waals surface area contributed by atoms with Gasteiger partial charge in [0.1, 0.15) is 11.5 Å². The highest BCUT2D eigenvalue weighted by Gasteiger charge is 2.30. The van der Waals surface area contributed by atoms with E-state index in [-0.39, 0.29) is 17.3 Å². The third kappa shape index (κ3) is 3.69. The highest BCUT2D eigenvalue weighted by molar-refractivity contribution is 7.48. The Balaban J connectivity index is 1.79. The smallest absolute Gasteiger partial charge is 0.395 e. The van der Waals surface area contributed by atoms with Crippen LogP contribution in [-0.2, 0) is 17.4 Å². The average Bonchev–Trinajstić information content (AvgIpc) is 2.90. The van der Waals surface area contributed by atoms with Gasteiger partial charge in [-0.15, -0.1) is 0 Å². The average molecular weight is 346 g/mol. The van der Waals surface area contributed by atoms with Gasteiger partial charge in [-0.05, 0) is 36.6 Å². The van der Waals surface area contributed by atoms with E-state index < -0.39 is 7.82 Å². The van der Waals surface area contributed by atoms with Crippen LogP contribution in [0.15, 0.2) is 42.5 Å². The summed E-state index contributed by atoms with van der Waals surface area (Å²) in [6.07, 6.45) is 2.74. The first kappa shape index (κ1) is 16.7. The molecule has 1 atom stereocenters. The zero-order chi connectivity index (χ0) is 17.2. The van der Waals surface area contributed by atoms with Crippen LogP contribution < -0.4 is 9.05 Å². The van der Waals surface area contributed by atoms with E-state index in [1.807, 2.05) is 6.07 Å². The van der Waals surface area contributed by atoms with Crippen molar-refractivity contribution in [3.8, 4) is 11.5 Å². The second-order valence-electron chi connectivity index (χ2n) is 5.75. The molecule has 0 aromatic heterocycles. The van der Waals surface area contributed by atoms with Gasteiger partial charge in [0.25, 0.3) is 0 Å². The molecular formula is C18H19O5P. The van der Waals surface area contributed by atoms with Crippen molar-refractivity contribution in [3.05, 3.63) is 59.2 Å². The van der Waals surface area contributed by atoms with Crippen LogP contribution in [0, 0.1) is 0 Å². The zero-order valence-electron chi connectivity index (χ0n) is 13.4. The van der Waals surface area contributed by atoms with E-state index in [4.69, 9.17) is 9.05 Å². The van der Waals surface area contributed by atoms with Gasteiger partial charge in [-0.3, -0.25) is 9.69 Å². The maximum absolute atomic E-state index is 12.3. The molecule has 0 bridgehead atoms. The molecule has 126 valence electrons. The molecule has 24 heavy (non-hydrogen) atoms. The van der Waals surface area contributed by atoms with E-state index in [1.54, 1.807) is 36.4 Å². The Hall–Kier alpha value is -2.10. The summed E-state index contributed by atoms with van der Waals surface area (Å²) in [6, 6.07) is 12.0. The molecule has 1 aliphatic carbocycles. The molecule has 3 rings (SSSR count). The monoisotopic (exact) mass is 346 g/mol. The van der Waals surface area contributed by atoms with Crippen LogP contribution in [0.1, 0.15) is 41.3 Å². The van der Waals surface area contributed by atoms with Gasteiger partial charge < -0.3 is 9.05 Å². The van der Waals surface area contributed by atoms with E-state index in [2.05, 4.69) is 6.92 Å². The highest BCUT2D eigenvalue weighted by atomic mass is 31.2. The number of ketones is 1. The molecule has 6 heteroatoms. The molecule has 2 aromatic carbocycles. The second kappa shape index (κ2) is 6.80. The summed E-state index contributed by atoms with van der Waals surface area (Å²) >= 11 is 0. The van der Waals surface area contributed by atoms with Gasteiger partial charge in [-0.1, -0.05) is 37.6 Å². The number of fused-ring (bicyclic) bond motifs is 1. The van der Waals surface area contributed by atoms with Gasteiger partial charge >= 0.3 is 7.82 Å². The maximum atomic E-state index is 12.3. The van der Waals surface area contributed by atoms with Gasteiger partial charge in [0, 0.05) is 17.5 Å². The molecule has 1 unspecified atom stereocenters. The maximum Gasteiger partial charge on any atom is 0.584 e. The van der Waals surface area contributed by atoms with Crippen molar-refractivity contribution in [3.63, 3.8) is 0 Å². The number of phosphoric ester groups is 1. The zero-order valence-corrected chi connectivity index (χ0v) is 14.3. The van der Waals surface area contributed by atoms with Gasteiger partial charge in [0.15, 0.2) is 5.78 Å². The van der Waals surface area contributed by atoms with Gasteiger partial charge in [-0.2, -0.15) is 0 Å². The number of aryl methyl sites for hydroxylation is 1. The molecule has 1 aliphatic rings. The molecule has 0 saturated carbocycles. The van der Waals surface area contributed by atoms with Crippen molar-refractivity contribution in [2.24, 2.45) is 0 Å². The Kier molecular flexibility index (Phi) is 4.74. The molecule has 0 radical (unpaired) electrons. The van der Waals surface area contributed by atoms with Gasteiger partial charge in [-0.25, -0.2) is 4.57 Å². The summed E-state index contributed by atoms with van der Waals surface area (Å²) in [5.41, 5.74) is 2.25. The molecule has 0 aliphatic heterocycles. The van der Waals surface area contributed by atoms with E-state index in [1.165, 1.54) is 0 Å². The molecule has 5 nitrogen and oxygen atoms in total. The van der Waals surface area contributed by atoms with Crippen LogP contribution in [-0.4, -0.2) is 10.7 Å². The van der Waals surface area contributed by atoms with Gasteiger partial charge in [0.05, 0.1) is 0 Å². The predicted octanol–water partition coefficient (Wildman–Crippen LogP) is 4.33. The van der Waals surface area contributed by atoms with Crippen LogP contribution >= 0.6 is 7.82 Å². The highest BCUT2D eigenvalue weighted by Crippen LogP contribution is 2.46. The van der Waals surface area contributed by atoms with Crippen molar-refractivity contribution >= 4 is 13.6 Å². The third-order valence-electron chi connectivity index (χ3n) is 3.91. The molecule has 0 amide bonds. The fourth-order valence-electron chi connectivity index (χ4n) is 2.87. The van der Waals surface area contributed by atoms with E-state index in [9.17, 15) is 14.3 Å². The summed E-state index contributed by atoms with van der Waals surface area (Å²) in [5.74, 6) is 0.542. The lowest BCUT2D eigenvalue weighted by atomic mass is 10.1. The lowest BCUT2D eigenvalue weighted by Crippen LogP contribution is -2.02. The van der Waals surface area contributed by atoms with Crippen LogP contribution in [0.3, 0.4) is 0 Å². The van der Waals surface area contributed by atoms with Crippen molar-refractivity contribution in [1.82, 2.24) is 0 Å². The van der Waals surface area contributed by atoms with Crippen LogP contribution in [0.5, 0.6) is 11.5 Å². The van der Waals surface area contributed by atoms with E-state index in [0.29, 0.717) is 24.0 Å². The predicted molar refractivity (Wildman–Crippen MR) is 90.6 cm³/mol. The first-order valence-electron chi connectivity index (χ1n) is 7.94. The quantitative estimate of drug-likeness (QED) is 0.788. The minimum Gasteiger partial charge on any atom is -0.395 e. The van der Waals surface area contributed by atoms with E-state index in [0.717, 1.165) is 18.4 Å². The minimum atomic E-state index is -4.34. The summed E-state index contributed by atoms with van der Waals surface area (Å²) in [7, 11) is -4.34. The van der Waals surface area contributed by atoms with Crippen molar-refractivity contribution < 1.29 is 23.3 Å². The Labute approximate surface area is 140 Å². The summed E-state index contributed by atoms with van der Waals surface area (Å²) in [4.78, 5) is 21.8. The number of phosphoric acid groups is 1. The summed E-state index contributed by atoms with van der Waals surface area (Å²) in [5, 5.41) is 0. The minimum absolute atomic E-state index is 0.0245. The van der Waals surface area contributed by atoms with Crippen LogP contribution in [0.4, 0.5) is 0 Å². The number of Topliss-reactive ketones (excluding diaryl/α,β-unsaturated/α-hetero) is 1. The molecule has 1 N–H and O–H groups in total. The van der Waals surface area contributed by atoms with Gasteiger partial charge in [0.2, 0.25) is 0 Å². The van der Waals surface area contributed by atoms with Crippen molar-refractivity contribution in [2.75, 3.05) is 0 Å². The van der Waals surface area contributed by atoms with Crippen LogP contribution in [0.25, 0.3) is 0 Å². The molecular weight excluding hydrogens is 327 g/mol. The fourth-order valence-corrected chi connectivity index (χ4v) is 3.70. The Morgan fingerprint density at radius 3 is 2.71 bits per heavy atom. The molecule has 0 saturated heterocycles. The third-order valence-corrected chi connectivity index (χ3v) is 4.78.